The van der Waals surface area contributed by atoms with Crippen molar-refractivity contribution in [2.24, 2.45) is 0 Å². The summed E-state index contributed by atoms with van der Waals surface area (Å²) in [5.74, 6) is 1.35. The number of rotatable bonds is 3. The monoisotopic (exact) mass is 261 g/mol. The molecule has 2 aromatic rings. The Morgan fingerprint density at radius 3 is 3.17 bits per heavy atom. The number of thiazole rings is 1. The molecule has 0 bridgehead atoms. The molecule has 1 atom stereocenters. The summed E-state index contributed by atoms with van der Waals surface area (Å²) >= 11 is 1.67. The lowest BCUT2D eigenvalue weighted by atomic mass is 9.97. The van der Waals surface area contributed by atoms with Crippen LogP contribution in [0.1, 0.15) is 22.2 Å². The van der Waals surface area contributed by atoms with Crippen LogP contribution in [0.2, 0.25) is 0 Å². The van der Waals surface area contributed by atoms with Crippen molar-refractivity contribution in [3.05, 3.63) is 45.9 Å². The van der Waals surface area contributed by atoms with E-state index in [1.54, 1.807) is 11.3 Å². The first kappa shape index (κ1) is 11.7. The van der Waals surface area contributed by atoms with Crippen LogP contribution in [0.15, 0.2) is 29.6 Å². The highest BCUT2D eigenvalue weighted by Gasteiger charge is 2.23. The Labute approximate surface area is 110 Å². The fourth-order valence-electron chi connectivity index (χ4n) is 2.23. The van der Waals surface area contributed by atoms with E-state index in [0.29, 0.717) is 18.9 Å². The van der Waals surface area contributed by atoms with Gasteiger partial charge in [-0.25, -0.2) is 4.98 Å². The van der Waals surface area contributed by atoms with Crippen LogP contribution >= 0.6 is 11.3 Å². The van der Waals surface area contributed by atoms with E-state index < -0.39 is 0 Å². The molecule has 4 heteroatoms. The number of aromatic nitrogens is 1. The lowest BCUT2D eigenvalue weighted by Crippen LogP contribution is -2.19. The molecule has 0 radical (unpaired) electrons. The van der Waals surface area contributed by atoms with Gasteiger partial charge in [-0.2, -0.15) is 0 Å². The minimum Gasteiger partial charge on any atom is -0.493 e. The Morgan fingerprint density at radius 1 is 1.39 bits per heavy atom. The second-order valence-corrected chi connectivity index (χ2v) is 5.36. The fraction of sp³-hybridized carbons (Fsp3) is 0.357. The second-order valence-electron chi connectivity index (χ2n) is 4.47. The summed E-state index contributed by atoms with van der Waals surface area (Å²) in [6.07, 6.45) is 1.63. The lowest BCUT2D eigenvalue weighted by molar-refractivity contribution is 0.262. The number of hydrogen-bond acceptors (Lipinski definition) is 4. The van der Waals surface area contributed by atoms with Crippen LogP contribution in [0.5, 0.6) is 5.75 Å². The minimum absolute atomic E-state index is 0.160. The van der Waals surface area contributed by atoms with Crippen molar-refractivity contribution < 1.29 is 9.84 Å². The van der Waals surface area contributed by atoms with Gasteiger partial charge in [-0.15, -0.1) is 11.3 Å². The Morgan fingerprint density at radius 2 is 2.28 bits per heavy atom. The number of benzene rings is 1. The SMILES string of the molecule is OCCc1csc(C2COc3ccccc3C2)n1. The zero-order chi connectivity index (χ0) is 12.4. The largest absolute Gasteiger partial charge is 0.493 e. The molecule has 3 rings (SSSR count). The smallest absolute Gasteiger partial charge is 0.122 e. The van der Waals surface area contributed by atoms with Gasteiger partial charge in [-0.1, -0.05) is 18.2 Å². The molecule has 1 aromatic heterocycles. The molecule has 0 saturated carbocycles. The summed E-state index contributed by atoms with van der Waals surface area (Å²) in [6.45, 7) is 0.857. The fourth-order valence-corrected chi connectivity index (χ4v) is 3.17. The molecule has 0 aliphatic carbocycles. The maximum Gasteiger partial charge on any atom is 0.122 e. The van der Waals surface area contributed by atoms with Crippen molar-refractivity contribution in [1.82, 2.24) is 4.98 Å². The molecule has 94 valence electrons. The number of para-hydroxylation sites is 1. The van der Waals surface area contributed by atoms with Crippen LogP contribution in [-0.4, -0.2) is 23.3 Å². The van der Waals surface area contributed by atoms with Crippen molar-refractivity contribution in [2.75, 3.05) is 13.2 Å². The first-order chi connectivity index (χ1) is 8.86. The van der Waals surface area contributed by atoms with Crippen molar-refractivity contribution in [3.63, 3.8) is 0 Å². The predicted molar refractivity (Wildman–Crippen MR) is 71.3 cm³/mol. The molecule has 1 aliphatic rings. The van der Waals surface area contributed by atoms with Crippen LogP contribution < -0.4 is 4.74 Å². The molecule has 1 N–H and O–H groups in total. The number of ether oxygens (including phenoxy) is 1. The van der Waals surface area contributed by atoms with E-state index in [2.05, 4.69) is 11.1 Å². The van der Waals surface area contributed by atoms with Crippen molar-refractivity contribution >= 4 is 11.3 Å². The predicted octanol–water partition coefficient (Wildman–Crippen LogP) is 2.40. The standard InChI is InChI=1S/C14H15NO2S/c16-6-5-12-9-18-14(15-12)11-7-10-3-1-2-4-13(10)17-8-11/h1-4,9,11,16H,5-8H2. The Hall–Kier alpha value is -1.39. The molecule has 0 saturated heterocycles. The normalized spacial score (nSPS) is 18.2. The Kier molecular flexibility index (Phi) is 3.30. The number of fused-ring (bicyclic) bond motifs is 1. The van der Waals surface area contributed by atoms with Gasteiger partial charge in [0.05, 0.1) is 17.3 Å². The van der Waals surface area contributed by atoms with Crippen LogP contribution in [0.25, 0.3) is 0 Å². The summed E-state index contributed by atoms with van der Waals surface area (Å²) in [4.78, 5) is 4.58. The number of aliphatic hydroxyl groups is 1. The molecule has 1 unspecified atom stereocenters. The Bertz CT molecular complexity index is 538. The summed E-state index contributed by atoms with van der Waals surface area (Å²) in [5, 5.41) is 12.1. The average molecular weight is 261 g/mol. The average Bonchev–Trinajstić information content (AvgIpc) is 2.87. The van der Waals surface area contributed by atoms with Crippen LogP contribution in [0, 0.1) is 0 Å². The van der Waals surface area contributed by atoms with E-state index in [9.17, 15) is 0 Å². The third-order valence-electron chi connectivity index (χ3n) is 3.17. The third-order valence-corrected chi connectivity index (χ3v) is 4.22. The molecule has 0 spiro atoms. The summed E-state index contributed by atoms with van der Waals surface area (Å²) in [6, 6.07) is 8.18. The van der Waals surface area contributed by atoms with E-state index in [1.807, 2.05) is 23.6 Å². The van der Waals surface area contributed by atoms with Crippen molar-refractivity contribution in [1.29, 1.82) is 0 Å². The van der Waals surface area contributed by atoms with E-state index >= 15 is 0 Å². The molecular weight excluding hydrogens is 246 g/mol. The van der Waals surface area contributed by atoms with Gasteiger partial charge in [0.15, 0.2) is 0 Å². The van der Waals surface area contributed by atoms with E-state index in [-0.39, 0.29) is 6.61 Å². The van der Waals surface area contributed by atoms with Gasteiger partial charge >= 0.3 is 0 Å². The molecule has 0 amide bonds. The summed E-state index contributed by atoms with van der Waals surface area (Å²) in [7, 11) is 0. The number of hydrogen-bond donors (Lipinski definition) is 1. The van der Waals surface area contributed by atoms with Gasteiger partial charge in [-0.3, -0.25) is 0 Å². The quantitative estimate of drug-likeness (QED) is 0.922. The summed E-state index contributed by atoms with van der Waals surface area (Å²) < 4.78 is 5.78. The van der Waals surface area contributed by atoms with Gasteiger partial charge in [0.2, 0.25) is 0 Å². The van der Waals surface area contributed by atoms with Crippen LogP contribution in [0.4, 0.5) is 0 Å². The topological polar surface area (TPSA) is 42.4 Å². The van der Waals surface area contributed by atoms with Crippen molar-refractivity contribution in [2.45, 2.75) is 18.8 Å². The molecule has 1 aliphatic heterocycles. The van der Waals surface area contributed by atoms with Crippen molar-refractivity contribution in [3.8, 4) is 5.75 Å². The minimum atomic E-state index is 0.160. The van der Waals surface area contributed by atoms with Crippen LogP contribution in [0.3, 0.4) is 0 Å². The van der Waals surface area contributed by atoms with Gasteiger partial charge in [0, 0.05) is 24.3 Å². The highest BCUT2D eigenvalue weighted by atomic mass is 32.1. The Balaban J connectivity index is 1.78. The third kappa shape index (κ3) is 2.26. The maximum absolute atomic E-state index is 8.91. The molecule has 0 fully saturated rings. The highest BCUT2D eigenvalue weighted by molar-refractivity contribution is 7.09. The summed E-state index contributed by atoms with van der Waals surface area (Å²) in [5.41, 5.74) is 2.24. The van der Waals surface area contributed by atoms with Gasteiger partial charge < -0.3 is 9.84 Å². The maximum atomic E-state index is 8.91. The number of nitrogens with zero attached hydrogens (tertiary/aromatic N) is 1. The molecule has 3 nitrogen and oxygen atoms in total. The van der Waals surface area contributed by atoms with Gasteiger partial charge in [0.1, 0.15) is 5.75 Å². The van der Waals surface area contributed by atoms with Gasteiger partial charge in [0.25, 0.3) is 0 Å². The molecule has 2 heterocycles. The zero-order valence-corrected chi connectivity index (χ0v) is 10.8. The van der Waals surface area contributed by atoms with Gasteiger partial charge in [-0.05, 0) is 18.1 Å². The zero-order valence-electron chi connectivity index (χ0n) is 10.0. The molecular formula is C14H15NO2S. The van der Waals surface area contributed by atoms with E-state index in [4.69, 9.17) is 9.84 Å². The lowest BCUT2D eigenvalue weighted by Gasteiger charge is -2.23. The molecule has 18 heavy (non-hydrogen) atoms. The highest BCUT2D eigenvalue weighted by Crippen LogP contribution is 2.33. The second kappa shape index (κ2) is 5.08. The van der Waals surface area contributed by atoms with E-state index in [0.717, 1.165) is 22.9 Å². The first-order valence-corrected chi connectivity index (χ1v) is 7.00. The molecule has 1 aromatic carbocycles. The van der Waals surface area contributed by atoms with Crippen LogP contribution in [-0.2, 0) is 12.8 Å². The first-order valence-electron chi connectivity index (χ1n) is 6.12. The number of aliphatic hydroxyl groups excluding tert-OH is 1. The van der Waals surface area contributed by atoms with E-state index in [1.165, 1.54) is 5.56 Å².